The van der Waals surface area contributed by atoms with E-state index in [1.165, 1.54) is 12.5 Å². The number of carbonyl (C=O) groups excluding carboxylic acids is 1. The van der Waals surface area contributed by atoms with E-state index in [2.05, 4.69) is 15.3 Å². The molecule has 2 rings (SSSR count). The predicted octanol–water partition coefficient (Wildman–Crippen LogP) is 0.411. The summed E-state index contributed by atoms with van der Waals surface area (Å²) in [5.74, 6) is -0.111. The average molecular weight is 208 g/mol. The van der Waals surface area contributed by atoms with E-state index in [1.807, 2.05) is 0 Å². The van der Waals surface area contributed by atoms with Gasteiger partial charge < -0.3 is 16.0 Å². The van der Waals surface area contributed by atoms with Crippen LogP contribution >= 0.6 is 0 Å². The maximum atomic E-state index is 11.8. The Kier molecular flexibility index (Phi) is 2.73. The number of aromatic nitrogens is 2. The zero-order valence-corrected chi connectivity index (χ0v) is 8.62. The van der Waals surface area contributed by atoms with E-state index < -0.39 is 0 Å². The first-order valence-electron chi connectivity index (χ1n) is 5.27. The fraction of sp³-hybridized carbons (Fsp3) is 0.600. The monoisotopic (exact) mass is 208 g/mol. The number of H-pyrrole nitrogens is 1. The molecule has 1 amide bonds. The van der Waals surface area contributed by atoms with Crippen LogP contribution in [0.5, 0.6) is 0 Å². The highest BCUT2D eigenvalue weighted by atomic mass is 16.2. The summed E-state index contributed by atoms with van der Waals surface area (Å²) in [7, 11) is 0. The van der Waals surface area contributed by atoms with E-state index in [0.29, 0.717) is 12.2 Å². The summed E-state index contributed by atoms with van der Waals surface area (Å²) in [4.78, 5) is 18.4. The van der Waals surface area contributed by atoms with E-state index in [0.717, 1.165) is 25.7 Å². The number of carbonyl (C=O) groups is 1. The summed E-state index contributed by atoms with van der Waals surface area (Å²) >= 11 is 0. The van der Waals surface area contributed by atoms with Gasteiger partial charge in [-0.15, -0.1) is 0 Å². The van der Waals surface area contributed by atoms with Gasteiger partial charge in [0, 0.05) is 6.54 Å². The smallest absolute Gasteiger partial charge is 0.269 e. The maximum absolute atomic E-state index is 11.8. The van der Waals surface area contributed by atoms with Crippen molar-refractivity contribution in [1.82, 2.24) is 15.3 Å². The van der Waals surface area contributed by atoms with Crippen LogP contribution in [0, 0.1) is 0 Å². The number of hydrogen-bond donors (Lipinski definition) is 3. The van der Waals surface area contributed by atoms with Gasteiger partial charge in [-0.1, -0.05) is 12.8 Å². The summed E-state index contributed by atoms with van der Waals surface area (Å²) in [6, 6.07) is 0. The summed E-state index contributed by atoms with van der Waals surface area (Å²) in [6.45, 7) is 0.507. The van der Waals surface area contributed by atoms with Gasteiger partial charge in [0.1, 0.15) is 5.69 Å². The molecule has 0 atom stereocenters. The number of nitrogens with two attached hydrogens (primary N) is 1. The zero-order valence-electron chi connectivity index (χ0n) is 8.62. The molecule has 0 unspecified atom stereocenters. The molecule has 4 N–H and O–H groups in total. The highest BCUT2D eigenvalue weighted by molar-refractivity contribution is 5.92. The molecule has 15 heavy (non-hydrogen) atoms. The number of rotatable bonds is 3. The number of amides is 1. The summed E-state index contributed by atoms with van der Waals surface area (Å²) in [5, 5.41) is 3.01. The Hall–Kier alpha value is -1.36. The van der Waals surface area contributed by atoms with Crippen LogP contribution in [-0.4, -0.2) is 28.0 Å². The minimum absolute atomic E-state index is 0.111. The maximum Gasteiger partial charge on any atom is 0.269 e. The van der Waals surface area contributed by atoms with Gasteiger partial charge in [-0.2, -0.15) is 0 Å². The van der Waals surface area contributed by atoms with Gasteiger partial charge in [0.2, 0.25) is 0 Å². The third-order valence-corrected chi connectivity index (χ3v) is 3.07. The van der Waals surface area contributed by atoms with Crippen LogP contribution < -0.4 is 11.1 Å². The molecule has 5 nitrogen and oxygen atoms in total. The molecule has 1 fully saturated rings. The first kappa shape index (κ1) is 10.2. The van der Waals surface area contributed by atoms with Crippen molar-refractivity contribution in [2.24, 2.45) is 5.73 Å². The predicted molar refractivity (Wildman–Crippen MR) is 56.3 cm³/mol. The van der Waals surface area contributed by atoms with Crippen LogP contribution in [0.15, 0.2) is 12.5 Å². The quantitative estimate of drug-likeness (QED) is 0.672. The number of nitrogens with zero attached hydrogens (tertiary/aromatic N) is 1. The van der Waals surface area contributed by atoms with Crippen molar-refractivity contribution in [2.45, 2.75) is 31.2 Å². The molecule has 82 valence electrons. The van der Waals surface area contributed by atoms with Gasteiger partial charge in [-0.05, 0) is 12.8 Å². The van der Waals surface area contributed by atoms with Crippen LogP contribution in [0.4, 0.5) is 0 Å². The summed E-state index contributed by atoms with van der Waals surface area (Å²) in [6.07, 6.45) is 7.25. The highest BCUT2D eigenvalue weighted by Crippen LogP contribution is 2.28. The van der Waals surface area contributed by atoms with E-state index in [9.17, 15) is 4.79 Å². The van der Waals surface area contributed by atoms with Gasteiger partial charge >= 0.3 is 0 Å². The van der Waals surface area contributed by atoms with Crippen molar-refractivity contribution in [2.75, 3.05) is 6.54 Å². The van der Waals surface area contributed by atoms with Gasteiger partial charge in [0.05, 0.1) is 18.1 Å². The molecular formula is C10H16N4O. The lowest BCUT2D eigenvalue weighted by Gasteiger charge is -2.28. The number of nitrogens with one attached hydrogen (secondary N) is 2. The van der Waals surface area contributed by atoms with E-state index in [-0.39, 0.29) is 11.4 Å². The summed E-state index contributed by atoms with van der Waals surface area (Å²) in [5.41, 5.74) is 6.03. The van der Waals surface area contributed by atoms with Gasteiger partial charge in [0.25, 0.3) is 5.91 Å². The Morgan fingerprint density at radius 1 is 1.60 bits per heavy atom. The molecule has 0 aromatic carbocycles. The topological polar surface area (TPSA) is 83.8 Å². The van der Waals surface area contributed by atoms with Crippen molar-refractivity contribution in [1.29, 1.82) is 0 Å². The molecule has 0 radical (unpaired) electrons. The molecular weight excluding hydrogens is 192 g/mol. The van der Waals surface area contributed by atoms with Crippen LogP contribution in [0.25, 0.3) is 0 Å². The second kappa shape index (κ2) is 4.02. The summed E-state index contributed by atoms with van der Waals surface area (Å²) < 4.78 is 0. The van der Waals surface area contributed by atoms with Crippen molar-refractivity contribution < 1.29 is 4.79 Å². The number of imidazole rings is 1. The lowest BCUT2D eigenvalue weighted by molar-refractivity contribution is 0.0898. The van der Waals surface area contributed by atoms with Gasteiger partial charge in [-0.25, -0.2) is 4.98 Å². The molecule has 1 aromatic rings. The lowest BCUT2D eigenvalue weighted by atomic mass is 9.98. The molecule has 5 heteroatoms. The molecule has 0 spiro atoms. The average Bonchev–Trinajstić information content (AvgIpc) is 2.88. The van der Waals surface area contributed by atoms with Crippen molar-refractivity contribution >= 4 is 5.91 Å². The molecule has 1 aliphatic carbocycles. The van der Waals surface area contributed by atoms with Crippen LogP contribution in [0.2, 0.25) is 0 Å². The molecule has 0 aliphatic heterocycles. The Bertz CT molecular complexity index is 327. The molecule has 1 saturated carbocycles. The van der Waals surface area contributed by atoms with Gasteiger partial charge in [-0.3, -0.25) is 4.79 Å². The first-order valence-corrected chi connectivity index (χ1v) is 5.27. The van der Waals surface area contributed by atoms with Crippen LogP contribution in [0.1, 0.15) is 36.2 Å². The third kappa shape index (κ3) is 2.02. The minimum atomic E-state index is -0.192. The lowest BCUT2D eigenvalue weighted by Crippen LogP contribution is -2.51. The first-order chi connectivity index (χ1) is 7.26. The van der Waals surface area contributed by atoms with E-state index in [1.54, 1.807) is 0 Å². The third-order valence-electron chi connectivity index (χ3n) is 3.07. The Morgan fingerprint density at radius 3 is 2.87 bits per heavy atom. The van der Waals surface area contributed by atoms with Crippen molar-refractivity contribution in [3.63, 3.8) is 0 Å². The number of hydrogen-bond acceptors (Lipinski definition) is 3. The van der Waals surface area contributed by atoms with E-state index in [4.69, 9.17) is 5.73 Å². The fourth-order valence-electron chi connectivity index (χ4n) is 2.12. The van der Waals surface area contributed by atoms with Crippen molar-refractivity contribution in [3.05, 3.63) is 18.2 Å². The Morgan fingerprint density at radius 2 is 2.33 bits per heavy atom. The molecule has 1 aromatic heterocycles. The van der Waals surface area contributed by atoms with Crippen LogP contribution in [-0.2, 0) is 0 Å². The fourth-order valence-corrected chi connectivity index (χ4v) is 2.12. The Labute approximate surface area is 88.5 Å². The molecule has 0 bridgehead atoms. The molecule has 0 saturated heterocycles. The van der Waals surface area contributed by atoms with Crippen molar-refractivity contribution in [3.8, 4) is 0 Å². The minimum Gasteiger partial charge on any atom is -0.344 e. The second-order valence-electron chi connectivity index (χ2n) is 4.11. The van der Waals surface area contributed by atoms with Gasteiger partial charge in [0.15, 0.2) is 0 Å². The highest BCUT2D eigenvalue weighted by Gasteiger charge is 2.34. The largest absolute Gasteiger partial charge is 0.344 e. The van der Waals surface area contributed by atoms with E-state index >= 15 is 0 Å². The molecule has 1 heterocycles. The Balaban J connectivity index is 2.04. The standard InChI is InChI=1S/C10H16N4O/c11-6-10(3-1-2-4-10)14-9(15)8-5-12-7-13-8/h5,7H,1-4,6,11H2,(H,12,13)(H,14,15). The zero-order chi connectivity index (χ0) is 10.7. The van der Waals surface area contributed by atoms with Crippen LogP contribution in [0.3, 0.4) is 0 Å². The number of aromatic amines is 1. The SMILES string of the molecule is NCC1(NC(=O)c2cnc[nH]2)CCCC1. The molecule has 1 aliphatic rings. The normalized spacial score (nSPS) is 19.0. The second-order valence-corrected chi connectivity index (χ2v) is 4.11.